The van der Waals surface area contributed by atoms with Crippen LogP contribution in [0.2, 0.25) is 0 Å². The van der Waals surface area contributed by atoms with Crippen molar-refractivity contribution in [1.82, 2.24) is 9.80 Å². The first kappa shape index (κ1) is 17.6. The van der Waals surface area contributed by atoms with Crippen LogP contribution in [0.25, 0.3) is 0 Å². The molecule has 0 N–H and O–H groups in total. The lowest BCUT2D eigenvalue weighted by Gasteiger charge is -2.31. The maximum atomic E-state index is 12.9. The van der Waals surface area contributed by atoms with Crippen molar-refractivity contribution in [2.45, 2.75) is 6.42 Å². The molecule has 4 rings (SSSR count). The molecule has 1 aromatic carbocycles. The van der Waals surface area contributed by atoms with Crippen LogP contribution < -0.4 is 9.64 Å². The number of amides is 2. The molecule has 2 aromatic rings. The Hall–Kier alpha value is -2.80. The predicted molar refractivity (Wildman–Crippen MR) is 100.0 cm³/mol. The number of ether oxygens (including phenoxy) is 1. The summed E-state index contributed by atoms with van der Waals surface area (Å²) in [5.74, 6) is 0.809. The fourth-order valence-electron chi connectivity index (χ4n) is 3.61. The van der Waals surface area contributed by atoms with Gasteiger partial charge in [-0.2, -0.15) is 0 Å². The van der Waals surface area contributed by atoms with Gasteiger partial charge in [-0.1, -0.05) is 12.1 Å². The summed E-state index contributed by atoms with van der Waals surface area (Å²) in [5.41, 5.74) is 1.41. The zero-order valence-corrected chi connectivity index (χ0v) is 15.2. The lowest BCUT2D eigenvalue weighted by Crippen LogP contribution is -2.45. The Balaban J connectivity index is 1.37. The van der Waals surface area contributed by atoms with E-state index in [1.807, 2.05) is 29.2 Å². The van der Waals surface area contributed by atoms with E-state index in [2.05, 4.69) is 4.90 Å². The molecule has 7 heteroatoms. The monoisotopic (exact) mass is 369 g/mol. The minimum Gasteiger partial charge on any atom is -0.490 e. The second-order valence-electron chi connectivity index (χ2n) is 6.80. The molecule has 142 valence electrons. The van der Waals surface area contributed by atoms with Gasteiger partial charge >= 0.3 is 0 Å². The first-order valence-electron chi connectivity index (χ1n) is 9.28. The van der Waals surface area contributed by atoms with Crippen LogP contribution in [0.5, 0.6) is 5.75 Å². The number of rotatable bonds is 3. The topological polar surface area (TPSA) is 66.2 Å². The van der Waals surface area contributed by atoms with Gasteiger partial charge in [-0.3, -0.25) is 14.5 Å². The molecule has 0 atom stereocenters. The molecule has 1 fully saturated rings. The zero-order chi connectivity index (χ0) is 18.6. The van der Waals surface area contributed by atoms with E-state index in [-0.39, 0.29) is 11.8 Å². The molecule has 2 amide bonds. The van der Waals surface area contributed by atoms with Gasteiger partial charge in [-0.05, 0) is 24.6 Å². The van der Waals surface area contributed by atoms with E-state index in [1.165, 1.54) is 12.5 Å². The Morgan fingerprint density at radius 2 is 1.89 bits per heavy atom. The molecule has 1 saturated heterocycles. The van der Waals surface area contributed by atoms with Crippen molar-refractivity contribution in [2.75, 3.05) is 50.8 Å². The molecule has 2 aliphatic heterocycles. The standard InChI is InChI=1S/C20H23N3O4/c24-19(23-11-13-27-18-5-2-1-4-17(18)23)14-21-7-3-8-22(10-9-21)20(25)16-6-12-26-15-16/h1-2,4-6,12,15H,3,7-11,13-14H2. The Bertz CT molecular complexity index is 805. The highest BCUT2D eigenvalue weighted by Crippen LogP contribution is 2.31. The Labute approximate surface area is 158 Å². The number of para-hydroxylation sites is 2. The summed E-state index contributed by atoms with van der Waals surface area (Å²) in [7, 11) is 0. The van der Waals surface area contributed by atoms with Crippen LogP contribution in [-0.2, 0) is 4.79 Å². The van der Waals surface area contributed by atoms with Crippen molar-refractivity contribution in [3.05, 3.63) is 48.4 Å². The molecule has 0 radical (unpaired) electrons. The van der Waals surface area contributed by atoms with E-state index in [9.17, 15) is 9.59 Å². The van der Waals surface area contributed by atoms with E-state index >= 15 is 0 Å². The minimum absolute atomic E-state index is 0.0148. The molecule has 0 unspecified atom stereocenters. The molecule has 1 aromatic heterocycles. The third-order valence-corrected chi connectivity index (χ3v) is 5.03. The Morgan fingerprint density at radius 1 is 1.00 bits per heavy atom. The number of anilines is 1. The summed E-state index contributed by atoms with van der Waals surface area (Å²) in [5, 5.41) is 0. The van der Waals surface area contributed by atoms with Gasteiger partial charge in [0.15, 0.2) is 0 Å². The fourth-order valence-corrected chi connectivity index (χ4v) is 3.61. The summed E-state index contributed by atoms with van der Waals surface area (Å²) >= 11 is 0. The molecular formula is C20H23N3O4. The van der Waals surface area contributed by atoms with E-state index in [4.69, 9.17) is 9.15 Å². The van der Waals surface area contributed by atoms with Crippen LogP contribution in [0.1, 0.15) is 16.8 Å². The van der Waals surface area contributed by atoms with Gasteiger partial charge in [0.1, 0.15) is 18.6 Å². The average molecular weight is 369 g/mol. The number of nitrogens with zero attached hydrogens (tertiary/aromatic N) is 3. The van der Waals surface area contributed by atoms with E-state index in [0.717, 1.165) is 24.4 Å². The summed E-state index contributed by atoms with van der Waals surface area (Å²) in [6.07, 6.45) is 3.83. The molecule has 0 saturated carbocycles. The van der Waals surface area contributed by atoms with Crippen LogP contribution in [0, 0.1) is 0 Å². The molecular weight excluding hydrogens is 346 g/mol. The van der Waals surface area contributed by atoms with Crippen molar-refractivity contribution >= 4 is 17.5 Å². The van der Waals surface area contributed by atoms with Crippen molar-refractivity contribution in [1.29, 1.82) is 0 Å². The van der Waals surface area contributed by atoms with Crippen LogP contribution in [-0.4, -0.2) is 67.5 Å². The Morgan fingerprint density at radius 3 is 2.74 bits per heavy atom. The zero-order valence-electron chi connectivity index (χ0n) is 15.2. The van der Waals surface area contributed by atoms with E-state index in [0.29, 0.717) is 44.9 Å². The summed E-state index contributed by atoms with van der Waals surface area (Å²) in [4.78, 5) is 31.1. The highest BCUT2D eigenvalue weighted by atomic mass is 16.5. The van der Waals surface area contributed by atoms with Gasteiger partial charge in [0.05, 0.1) is 30.6 Å². The number of carbonyl (C=O) groups is 2. The fraction of sp³-hybridized carbons (Fsp3) is 0.400. The third-order valence-electron chi connectivity index (χ3n) is 5.03. The van der Waals surface area contributed by atoms with Crippen LogP contribution in [0.3, 0.4) is 0 Å². The van der Waals surface area contributed by atoms with Crippen molar-refractivity contribution < 1.29 is 18.7 Å². The quantitative estimate of drug-likeness (QED) is 0.826. The molecule has 7 nitrogen and oxygen atoms in total. The van der Waals surface area contributed by atoms with Crippen LogP contribution in [0.4, 0.5) is 5.69 Å². The number of hydrogen-bond acceptors (Lipinski definition) is 5. The molecule has 27 heavy (non-hydrogen) atoms. The molecule has 0 spiro atoms. The normalized spacial score (nSPS) is 17.8. The number of benzene rings is 1. The second kappa shape index (κ2) is 7.84. The number of hydrogen-bond donors (Lipinski definition) is 0. The van der Waals surface area contributed by atoms with Crippen molar-refractivity contribution in [2.24, 2.45) is 0 Å². The van der Waals surface area contributed by atoms with Gasteiger partial charge in [0, 0.05) is 26.2 Å². The van der Waals surface area contributed by atoms with Gasteiger partial charge in [0.25, 0.3) is 5.91 Å². The first-order valence-corrected chi connectivity index (χ1v) is 9.28. The van der Waals surface area contributed by atoms with Crippen LogP contribution in [0.15, 0.2) is 47.3 Å². The van der Waals surface area contributed by atoms with Crippen LogP contribution >= 0.6 is 0 Å². The molecule has 3 heterocycles. The summed E-state index contributed by atoms with van der Waals surface area (Å²) in [6, 6.07) is 9.32. The first-order chi connectivity index (χ1) is 13.2. The van der Waals surface area contributed by atoms with Gasteiger partial charge < -0.3 is 19.0 Å². The van der Waals surface area contributed by atoms with E-state index in [1.54, 1.807) is 11.0 Å². The average Bonchev–Trinajstić information content (AvgIpc) is 3.14. The SMILES string of the molecule is O=C(c1ccoc1)N1CCCN(CC(=O)N2CCOc3ccccc32)CC1. The van der Waals surface area contributed by atoms with Gasteiger partial charge in [-0.15, -0.1) is 0 Å². The second-order valence-corrected chi connectivity index (χ2v) is 6.80. The lowest BCUT2D eigenvalue weighted by molar-refractivity contribution is -0.120. The smallest absolute Gasteiger partial charge is 0.257 e. The minimum atomic E-state index is -0.0148. The molecule has 2 aliphatic rings. The highest BCUT2D eigenvalue weighted by molar-refractivity contribution is 5.96. The number of furan rings is 1. The summed E-state index contributed by atoms with van der Waals surface area (Å²) in [6.45, 7) is 4.20. The maximum Gasteiger partial charge on any atom is 0.257 e. The third kappa shape index (κ3) is 3.83. The predicted octanol–water partition coefficient (Wildman–Crippen LogP) is 1.85. The highest BCUT2D eigenvalue weighted by Gasteiger charge is 2.26. The van der Waals surface area contributed by atoms with Gasteiger partial charge in [0.2, 0.25) is 5.91 Å². The lowest BCUT2D eigenvalue weighted by atomic mass is 10.2. The molecule has 0 aliphatic carbocycles. The number of fused-ring (bicyclic) bond motifs is 1. The Kier molecular flexibility index (Phi) is 5.11. The maximum absolute atomic E-state index is 12.9. The van der Waals surface area contributed by atoms with E-state index < -0.39 is 0 Å². The van der Waals surface area contributed by atoms with Crippen molar-refractivity contribution in [3.63, 3.8) is 0 Å². The summed E-state index contributed by atoms with van der Waals surface area (Å²) < 4.78 is 10.6. The largest absolute Gasteiger partial charge is 0.490 e. The molecule has 0 bridgehead atoms. The number of carbonyl (C=O) groups excluding carboxylic acids is 2. The van der Waals surface area contributed by atoms with Crippen molar-refractivity contribution in [3.8, 4) is 5.75 Å². The van der Waals surface area contributed by atoms with Gasteiger partial charge in [-0.25, -0.2) is 0 Å².